The third kappa shape index (κ3) is 3.57. The zero-order valence-electron chi connectivity index (χ0n) is 8.98. The lowest BCUT2D eigenvalue weighted by Crippen LogP contribution is -2.39. The SMILES string of the molecule is CCC(CNC(C)(C)C)C1CC1. The van der Waals surface area contributed by atoms with E-state index in [-0.39, 0.29) is 0 Å². The van der Waals surface area contributed by atoms with E-state index >= 15 is 0 Å². The normalized spacial score (nSPS) is 21.0. The van der Waals surface area contributed by atoms with Crippen molar-refractivity contribution in [1.29, 1.82) is 0 Å². The van der Waals surface area contributed by atoms with Gasteiger partial charge in [-0.2, -0.15) is 0 Å². The molecule has 1 aliphatic rings. The summed E-state index contributed by atoms with van der Waals surface area (Å²) < 4.78 is 0. The van der Waals surface area contributed by atoms with Gasteiger partial charge in [0, 0.05) is 5.54 Å². The van der Waals surface area contributed by atoms with Crippen molar-refractivity contribution in [3.05, 3.63) is 0 Å². The molecule has 0 aromatic rings. The first kappa shape index (κ1) is 10.0. The molecule has 0 aliphatic heterocycles. The largest absolute Gasteiger partial charge is 0.312 e. The van der Waals surface area contributed by atoms with Gasteiger partial charge >= 0.3 is 0 Å². The molecule has 0 amide bonds. The van der Waals surface area contributed by atoms with Crippen molar-refractivity contribution in [1.82, 2.24) is 5.32 Å². The summed E-state index contributed by atoms with van der Waals surface area (Å²) in [5.74, 6) is 1.98. The molecule has 1 heteroatoms. The van der Waals surface area contributed by atoms with Crippen LogP contribution in [0.1, 0.15) is 47.0 Å². The zero-order valence-corrected chi connectivity index (χ0v) is 8.98. The van der Waals surface area contributed by atoms with Gasteiger partial charge in [0.1, 0.15) is 0 Å². The van der Waals surface area contributed by atoms with Gasteiger partial charge in [0.15, 0.2) is 0 Å². The maximum Gasteiger partial charge on any atom is 0.00966 e. The molecule has 0 heterocycles. The summed E-state index contributed by atoms with van der Waals surface area (Å²) in [5.41, 5.74) is 0.294. The standard InChI is InChI=1S/C11H23N/c1-5-9(10-6-7-10)8-12-11(2,3)4/h9-10,12H,5-8H2,1-4H3. The van der Waals surface area contributed by atoms with Crippen LogP contribution in [0.25, 0.3) is 0 Å². The van der Waals surface area contributed by atoms with Crippen molar-refractivity contribution < 1.29 is 0 Å². The van der Waals surface area contributed by atoms with E-state index < -0.39 is 0 Å². The molecule has 1 rings (SSSR count). The van der Waals surface area contributed by atoms with Crippen molar-refractivity contribution >= 4 is 0 Å². The molecule has 0 spiro atoms. The fraction of sp³-hybridized carbons (Fsp3) is 1.00. The molecule has 1 saturated carbocycles. The Balaban J connectivity index is 2.19. The first-order valence-electron chi connectivity index (χ1n) is 5.28. The highest BCUT2D eigenvalue weighted by Crippen LogP contribution is 2.38. The molecule has 0 radical (unpaired) electrons. The van der Waals surface area contributed by atoms with E-state index in [1.165, 1.54) is 25.8 Å². The molecule has 1 atom stereocenters. The van der Waals surface area contributed by atoms with E-state index in [0.717, 1.165) is 11.8 Å². The van der Waals surface area contributed by atoms with Gasteiger partial charge in [-0.15, -0.1) is 0 Å². The van der Waals surface area contributed by atoms with E-state index in [1.807, 2.05) is 0 Å². The molecule has 1 unspecified atom stereocenters. The van der Waals surface area contributed by atoms with Crippen LogP contribution >= 0.6 is 0 Å². The van der Waals surface area contributed by atoms with Crippen molar-refractivity contribution in [3.8, 4) is 0 Å². The molecule has 1 fully saturated rings. The summed E-state index contributed by atoms with van der Waals surface area (Å²) >= 11 is 0. The number of hydrogen-bond donors (Lipinski definition) is 1. The summed E-state index contributed by atoms with van der Waals surface area (Å²) in [5, 5.41) is 3.59. The predicted octanol–water partition coefficient (Wildman–Crippen LogP) is 2.81. The third-order valence-electron chi connectivity index (χ3n) is 2.71. The lowest BCUT2D eigenvalue weighted by molar-refractivity contribution is 0.341. The number of hydrogen-bond acceptors (Lipinski definition) is 1. The Morgan fingerprint density at radius 2 is 1.92 bits per heavy atom. The molecule has 0 aromatic heterocycles. The Kier molecular flexibility index (Phi) is 3.16. The smallest absolute Gasteiger partial charge is 0.00966 e. The fourth-order valence-electron chi connectivity index (χ4n) is 1.65. The van der Waals surface area contributed by atoms with Crippen LogP contribution in [-0.4, -0.2) is 12.1 Å². The van der Waals surface area contributed by atoms with Crippen molar-refractivity contribution in [2.24, 2.45) is 11.8 Å². The summed E-state index contributed by atoms with van der Waals surface area (Å²) in [7, 11) is 0. The van der Waals surface area contributed by atoms with Gasteiger partial charge in [-0.3, -0.25) is 0 Å². The van der Waals surface area contributed by atoms with Gasteiger partial charge in [-0.05, 0) is 52.0 Å². The van der Waals surface area contributed by atoms with Crippen molar-refractivity contribution in [3.63, 3.8) is 0 Å². The van der Waals surface area contributed by atoms with Gasteiger partial charge in [0.25, 0.3) is 0 Å². The monoisotopic (exact) mass is 169 g/mol. The Bertz CT molecular complexity index is 130. The predicted molar refractivity (Wildman–Crippen MR) is 54.3 cm³/mol. The van der Waals surface area contributed by atoms with Gasteiger partial charge < -0.3 is 5.32 Å². The lowest BCUT2D eigenvalue weighted by atomic mass is 9.99. The van der Waals surface area contributed by atoms with Crippen LogP contribution < -0.4 is 5.32 Å². The van der Waals surface area contributed by atoms with E-state index in [4.69, 9.17) is 0 Å². The van der Waals surface area contributed by atoms with Gasteiger partial charge in [-0.1, -0.05) is 13.3 Å². The summed E-state index contributed by atoms with van der Waals surface area (Å²) in [6.45, 7) is 10.3. The zero-order chi connectivity index (χ0) is 9.19. The molecule has 0 bridgehead atoms. The summed E-state index contributed by atoms with van der Waals surface area (Å²) in [4.78, 5) is 0. The average Bonchev–Trinajstić information content (AvgIpc) is 2.70. The summed E-state index contributed by atoms with van der Waals surface area (Å²) in [6, 6.07) is 0. The first-order chi connectivity index (χ1) is 5.53. The van der Waals surface area contributed by atoms with E-state index in [2.05, 4.69) is 33.0 Å². The highest BCUT2D eigenvalue weighted by atomic mass is 14.9. The van der Waals surface area contributed by atoms with Crippen LogP contribution in [0.3, 0.4) is 0 Å². The average molecular weight is 169 g/mol. The van der Waals surface area contributed by atoms with Crippen molar-refractivity contribution in [2.75, 3.05) is 6.54 Å². The first-order valence-corrected chi connectivity index (χ1v) is 5.28. The van der Waals surface area contributed by atoms with Crippen LogP contribution in [0.5, 0.6) is 0 Å². The van der Waals surface area contributed by atoms with E-state index in [9.17, 15) is 0 Å². The molecule has 12 heavy (non-hydrogen) atoms. The van der Waals surface area contributed by atoms with Gasteiger partial charge in [0.2, 0.25) is 0 Å². The highest BCUT2D eigenvalue weighted by Gasteiger charge is 2.30. The maximum atomic E-state index is 3.59. The Morgan fingerprint density at radius 3 is 2.25 bits per heavy atom. The summed E-state index contributed by atoms with van der Waals surface area (Å²) in [6.07, 6.45) is 4.29. The minimum Gasteiger partial charge on any atom is -0.312 e. The molecule has 1 nitrogen and oxygen atoms in total. The molecule has 0 aromatic carbocycles. The van der Waals surface area contributed by atoms with Gasteiger partial charge in [-0.25, -0.2) is 0 Å². The second kappa shape index (κ2) is 3.78. The molecular formula is C11H23N. The minimum atomic E-state index is 0.294. The molecule has 72 valence electrons. The quantitative estimate of drug-likeness (QED) is 0.682. The van der Waals surface area contributed by atoms with Crippen LogP contribution in [0.15, 0.2) is 0 Å². The molecule has 1 N–H and O–H groups in total. The number of nitrogens with one attached hydrogen (secondary N) is 1. The Morgan fingerprint density at radius 1 is 1.33 bits per heavy atom. The lowest BCUT2D eigenvalue weighted by Gasteiger charge is -2.24. The van der Waals surface area contributed by atoms with E-state index in [1.54, 1.807) is 0 Å². The fourth-order valence-corrected chi connectivity index (χ4v) is 1.65. The Hall–Kier alpha value is -0.0400. The topological polar surface area (TPSA) is 12.0 Å². The second-order valence-corrected chi connectivity index (χ2v) is 5.14. The molecule has 1 aliphatic carbocycles. The van der Waals surface area contributed by atoms with Crippen LogP contribution in [0, 0.1) is 11.8 Å². The third-order valence-corrected chi connectivity index (χ3v) is 2.71. The second-order valence-electron chi connectivity index (χ2n) is 5.14. The number of rotatable bonds is 4. The van der Waals surface area contributed by atoms with Gasteiger partial charge in [0.05, 0.1) is 0 Å². The van der Waals surface area contributed by atoms with Crippen LogP contribution in [0.2, 0.25) is 0 Å². The molecule has 0 saturated heterocycles. The van der Waals surface area contributed by atoms with Crippen LogP contribution in [-0.2, 0) is 0 Å². The molecular weight excluding hydrogens is 146 g/mol. The van der Waals surface area contributed by atoms with E-state index in [0.29, 0.717) is 5.54 Å². The highest BCUT2D eigenvalue weighted by molar-refractivity contribution is 4.83. The maximum absolute atomic E-state index is 3.59. The minimum absolute atomic E-state index is 0.294. The van der Waals surface area contributed by atoms with Crippen molar-refractivity contribution in [2.45, 2.75) is 52.5 Å². The Labute approximate surface area is 76.9 Å². The van der Waals surface area contributed by atoms with Crippen LogP contribution in [0.4, 0.5) is 0 Å².